The number of nitrogens with zero attached hydrogens (tertiary/aromatic N) is 2. The van der Waals surface area contributed by atoms with Gasteiger partial charge in [-0.2, -0.15) is 0 Å². The molecule has 32 heavy (non-hydrogen) atoms. The number of hydrogen-bond acceptors (Lipinski definition) is 4. The van der Waals surface area contributed by atoms with E-state index >= 15 is 0 Å². The molecule has 0 aliphatic heterocycles. The molecule has 0 saturated heterocycles. The second-order valence-electron chi connectivity index (χ2n) is 7.42. The summed E-state index contributed by atoms with van der Waals surface area (Å²) in [5.41, 5.74) is 1.81. The van der Waals surface area contributed by atoms with Gasteiger partial charge in [0.2, 0.25) is 0 Å². The van der Waals surface area contributed by atoms with E-state index in [0.717, 1.165) is 11.6 Å². The van der Waals surface area contributed by atoms with Gasteiger partial charge in [-0.05, 0) is 35.9 Å². The van der Waals surface area contributed by atoms with Gasteiger partial charge in [0, 0.05) is 26.2 Å². The first-order valence-corrected chi connectivity index (χ1v) is 9.93. The number of rotatable bonds is 5. The van der Waals surface area contributed by atoms with Gasteiger partial charge in [0.1, 0.15) is 5.82 Å². The van der Waals surface area contributed by atoms with Crippen molar-refractivity contribution in [1.29, 1.82) is 0 Å². The Hall–Kier alpha value is -4.20. The van der Waals surface area contributed by atoms with Gasteiger partial charge in [-0.15, -0.1) is 0 Å². The molecule has 0 unspecified atom stereocenters. The first kappa shape index (κ1) is 21.0. The molecule has 1 heterocycles. The lowest BCUT2D eigenvalue weighted by Crippen LogP contribution is -2.39. The van der Waals surface area contributed by atoms with Crippen LogP contribution in [0.5, 0.6) is 0 Å². The van der Waals surface area contributed by atoms with Gasteiger partial charge < -0.3 is 19.8 Å². The van der Waals surface area contributed by atoms with Crippen LogP contribution in [0, 0.1) is 5.82 Å². The molecule has 0 aliphatic carbocycles. The molecule has 0 fully saturated rings. The zero-order valence-electron chi connectivity index (χ0n) is 17.6. The number of carbonyl (C=O) groups is 1. The lowest BCUT2D eigenvalue weighted by Gasteiger charge is -2.17. The largest absolute Gasteiger partial charge is 0.379 e. The van der Waals surface area contributed by atoms with E-state index in [0.29, 0.717) is 29.0 Å². The van der Waals surface area contributed by atoms with Gasteiger partial charge in [-0.1, -0.05) is 36.4 Å². The number of amides is 1. The van der Waals surface area contributed by atoms with E-state index < -0.39 is 22.8 Å². The number of hydrogen-bond donors (Lipinski definition) is 2. The number of benzene rings is 3. The Bertz CT molecular complexity index is 1440. The maximum absolute atomic E-state index is 13.6. The first-order valence-electron chi connectivity index (χ1n) is 9.93. The van der Waals surface area contributed by atoms with E-state index in [1.165, 1.54) is 41.4 Å². The number of aryl methyl sites for hydroxylation is 2. The molecule has 1 aromatic heterocycles. The second-order valence-corrected chi connectivity index (χ2v) is 7.42. The van der Waals surface area contributed by atoms with Crippen molar-refractivity contribution in [2.75, 3.05) is 10.6 Å². The highest BCUT2D eigenvalue weighted by Crippen LogP contribution is 2.28. The van der Waals surface area contributed by atoms with Crippen LogP contribution in [0.15, 0.2) is 76.3 Å². The average Bonchev–Trinajstić information content (AvgIpc) is 2.81. The molecule has 0 aliphatic rings. The Morgan fingerprint density at radius 3 is 2.09 bits per heavy atom. The Balaban J connectivity index is 1.81. The van der Waals surface area contributed by atoms with E-state index in [4.69, 9.17) is 0 Å². The number of anilines is 2. The summed E-state index contributed by atoms with van der Waals surface area (Å²) in [7, 11) is 3.03. The number of carbonyl (C=O) groups excluding carboxylic acids is 1. The lowest BCUT2D eigenvalue weighted by molar-refractivity contribution is 0.102. The van der Waals surface area contributed by atoms with Crippen molar-refractivity contribution in [2.45, 2.75) is 6.54 Å². The van der Waals surface area contributed by atoms with E-state index in [-0.39, 0.29) is 5.56 Å². The molecule has 0 atom stereocenters. The van der Waals surface area contributed by atoms with Crippen LogP contribution in [0.1, 0.15) is 15.9 Å². The first-order chi connectivity index (χ1) is 15.3. The van der Waals surface area contributed by atoms with Crippen LogP contribution >= 0.6 is 0 Å². The predicted octanol–water partition coefficient (Wildman–Crippen LogP) is 3.24. The van der Waals surface area contributed by atoms with Crippen molar-refractivity contribution in [3.05, 3.63) is 104 Å². The zero-order chi connectivity index (χ0) is 22.8. The quantitative estimate of drug-likeness (QED) is 0.474. The fourth-order valence-corrected chi connectivity index (χ4v) is 3.49. The molecule has 7 nitrogen and oxygen atoms in total. The Morgan fingerprint density at radius 1 is 0.844 bits per heavy atom. The van der Waals surface area contributed by atoms with Crippen molar-refractivity contribution >= 4 is 28.3 Å². The lowest BCUT2D eigenvalue weighted by atomic mass is 10.1. The summed E-state index contributed by atoms with van der Waals surface area (Å²) in [6.07, 6.45) is 0. The zero-order valence-corrected chi connectivity index (χ0v) is 17.6. The minimum atomic E-state index is -0.674. The van der Waals surface area contributed by atoms with Crippen LogP contribution in [-0.2, 0) is 20.6 Å². The van der Waals surface area contributed by atoms with E-state index in [9.17, 15) is 18.8 Å². The number of nitrogens with one attached hydrogen (secondary N) is 2. The van der Waals surface area contributed by atoms with Gasteiger partial charge >= 0.3 is 11.1 Å². The normalized spacial score (nSPS) is 10.8. The van der Waals surface area contributed by atoms with Crippen LogP contribution in [0.4, 0.5) is 15.8 Å². The molecular weight excluding hydrogens is 411 g/mol. The monoisotopic (exact) mass is 432 g/mol. The van der Waals surface area contributed by atoms with Gasteiger partial charge in [-0.3, -0.25) is 14.4 Å². The Labute approximate surface area is 182 Å². The molecule has 0 radical (unpaired) electrons. The molecule has 1 amide bonds. The smallest absolute Gasteiger partial charge is 0.316 e. The van der Waals surface area contributed by atoms with Crippen LogP contribution in [0.3, 0.4) is 0 Å². The molecule has 0 spiro atoms. The molecule has 4 rings (SSSR count). The summed E-state index contributed by atoms with van der Waals surface area (Å²) in [5, 5.41) is 6.07. The second kappa shape index (κ2) is 8.50. The Morgan fingerprint density at radius 2 is 1.47 bits per heavy atom. The van der Waals surface area contributed by atoms with Crippen LogP contribution in [0.2, 0.25) is 0 Å². The molecule has 4 aromatic rings. The van der Waals surface area contributed by atoms with Crippen LogP contribution in [0.25, 0.3) is 11.0 Å². The fourth-order valence-electron chi connectivity index (χ4n) is 3.49. The maximum atomic E-state index is 13.6. The average molecular weight is 432 g/mol. The van der Waals surface area contributed by atoms with Gasteiger partial charge in [0.25, 0.3) is 5.91 Å². The SMILES string of the molecule is Cn1c(=O)c(=O)n(C)c2cc(NC(=O)c3cccc(F)c3)c(NCc3ccccc3)cc21. The predicted molar refractivity (Wildman–Crippen MR) is 123 cm³/mol. The summed E-state index contributed by atoms with van der Waals surface area (Å²) in [4.78, 5) is 37.3. The third-order valence-electron chi connectivity index (χ3n) is 5.29. The Kier molecular flexibility index (Phi) is 5.59. The van der Waals surface area contributed by atoms with Crippen LogP contribution < -0.4 is 21.8 Å². The van der Waals surface area contributed by atoms with Crippen LogP contribution in [-0.4, -0.2) is 15.0 Å². The summed E-state index contributed by atoms with van der Waals surface area (Å²) >= 11 is 0. The fraction of sp³-hybridized carbons (Fsp3) is 0.125. The summed E-state index contributed by atoms with van der Waals surface area (Å²) in [5.74, 6) is -1.02. The third-order valence-corrected chi connectivity index (χ3v) is 5.29. The number of halogens is 1. The topological polar surface area (TPSA) is 85.1 Å². The van der Waals surface area contributed by atoms with Gasteiger partial charge in [-0.25, -0.2) is 4.39 Å². The summed E-state index contributed by atoms with van der Waals surface area (Å²) in [6, 6.07) is 18.4. The molecule has 8 heteroatoms. The van der Waals surface area contributed by atoms with Crippen molar-refractivity contribution in [1.82, 2.24) is 9.13 Å². The van der Waals surface area contributed by atoms with Crippen molar-refractivity contribution in [2.24, 2.45) is 14.1 Å². The summed E-state index contributed by atoms with van der Waals surface area (Å²) in [6.45, 7) is 0.467. The molecule has 162 valence electrons. The van der Waals surface area contributed by atoms with Crippen molar-refractivity contribution in [3.8, 4) is 0 Å². The molecular formula is C24H21FN4O3. The molecule has 3 aromatic carbocycles. The third kappa shape index (κ3) is 4.02. The molecule has 0 bridgehead atoms. The van der Waals surface area contributed by atoms with E-state index in [1.807, 2.05) is 30.3 Å². The minimum Gasteiger partial charge on any atom is -0.379 e. The maximum Gasteiger partial charge on any atom is 0.316 e. The molecule has 0 saturated carbocycles. The van der Waals surface area contributed by atoms with Crippen molar-refractivity contribution < 1.29 is 9.18 Å². The van der Waals surface area contributed by atoms with Crippen molar-refractivity contribution in [3.63, 3.8) is 0 Å². The number of aromatic nitrogens is 2. The van der Waals surface area contributed by atoms with Gasteiger partial charge in [0.05, 0.1) is 22.4 Å². The number of fused-ring (bicyclic) bond motifs is 1. The van der Waals surface area contributed by atoms with E-state index in [2.05, 4.69) is 10.6 Å². The standard InChI is InChI=1S/C24H21FN4O3/c1-28-20-12-18(26-14-15-7-4-3-5-8-15)19(13-21(20)29(2)24(32)23(28)31)27-22(30)16-9-6-10-17(25)11-16/h3-13,26H,14H2,1-2H3,(H,27,30). The van der Waals surface area contributed by atoms with E-state index in [1.54, 1.807) is 12.1 Å². The van der Waals surface area contributed by atoms with Gasteiger partial charge in [0.15, 0.2) is 0 Å². The molecule has 2 N–H and O–H groups in total. The highest BCUT2D eigenvalue weighted by atomic mass is 19.1. The summed E-state index contributed by atoms with van der Waals surface area (Å²) < 4.78 is 16.1. The highest BCUT2D eigenvalue weighted by Gasteiger charge is 2.15. The highest BCUT2D eigenvalue weighted by molar-refractivity contribution is 6.07. The minimum absolute atomic E-state index is 0.161.